The van der Waals surface area contributed by atoms with Crippen LogP contribution in [0.5, 0.6) is 0 Å². The Morgan fingerprint density at radius 2 is 2.24 bits per heavy atom. The summed E-state index contributed by atoms with van der Waals surface area (Å²) in [6, 6.07) is 1.78. The number of rotatable bonds is 4. The second kappa shape index (κ2) is 5.28. The molecule has 0 unspecified atom stereocenters. The molecule has 0 atom stereocenters. The number of aromatic nitrogens is 3. The van der Waals surface area contributed by atoms with Crippen molar-refractivity contribution in [3.8, 4) is 11.1 Å². The summed E-state index contributed by atoms with van der Waals surface area (Å²) in [6.07, 6.45) is 4.78. The fraction of sp³-hybridized carbons (Fsp3) is 0.214. The van der Waals surface area contributed by atoms with E-state index in [2.05, 4.69) is 20.6 Å². The van der Waals surface area contributed by atoms with E-state index in [-0.39, 0.29) is 5.56 Å². The van der Waals surface area contributed by atoms with Gasteiger partial charge >= 0.3 is 0 Å². The molecule has 3 heterocycles. The van der Waals surface area contributed by atoms with Gasteiger partial charge in [0.1, 0.15) is 17.7 Å². The summed E-state index contributed by atoms with van der Waals surface area (Å²) in [7, 11) is 0. The molecule has 0 aromatic carbocycles. The molecule has 7 nitrogen and oxygen atoms in total. The molecule has 3 rings (SSSR count). The van der Waals surface area contributed by atoms with Crippen molar-refractivity contribution in [1.82, 2.24) is 15.3 Å². The van der Waals surface area contributed by atoms with Crippen molar-refractivity contribution in [2.45, 2.75) is 20.4 Å². The van der Waals surface area contributed by atoms with Crippen LogP contribution in [0.4, 0.5) is 5.69 Å². The van der Waals surface area contributed by atoms with Crippen molar-refractivity contribution >= 4 is 5.69 Å². The highest BCUT2D eigenvalue weighted by atomic mass is 16.5. The van der Waals surface area contributed by atoms with Gasteiger partial charge in [0.25, 0.3) is 5.56 Å². The van der Waals surface area contributed by atoms with Crippen LogP contribution in [-0.4, -0.2) is 15.3 Å². The maximum Gasteiger partial charge on any atom is 0.271 e. The van der Waals surface area contributed by atoms with E-state index in [1.54, 1.807) is 18.5 Å². The maximum absolute atomic E-state index is 11.9. The molecule has 2 N–H and O–H groups in total. The normalized spacial score (nSPS) is 10.8. The molecule has 0 fully saturated rings. The molecule has 3 aromatic rings. The van der Waals surface area contributed by atoms with Gasteiger partial charge in [0.15, 0.2) is 0 Å². The number of nitrogens with one attached hydrogen (secondary N) is 2. The lowest BCUT2D eigenvalue weighted by atomic mass is 10.1. The molecule has 0 saturated carbocycles. The molecule has 0 aliphatic heterocycles. The number of aryl methyl sites for hydroxylation is 2. The van der Waals surface area contributed by atoms with Crippen LogP contribution in [0, 0.1) is 13.8 Å². The van der Waals surface area contributed by atoms with E-state index in [9.17, 15) is 4.79 Å². The van der Waals surface area contributed by atoms with Gasteiger partial charge in [-0.2, -0.15) is 0 Å². The first-order valence-electron chi connectivity index (χ1n) is 6.43. The Labute approximate surface area is 120 Å². The molecule has 7 heteroatoms. The molecule has 0 spiro atoms. The van der Waals surface area contributed by atoms with Crippen LogP contribution < -0.4 is 10.9 Å². The van der Waals surface area contributed by atoms with Crippen molar-refractivity contribution in [3.63, 3.8) is 0 Å². The van der Waals surface area contributed by atoms with E-state index >= 15 is 0 Å². The molecule has 21 heavy (non-hydrogen) atoms. The Morgan fingerprint density at radius 3 is 2.90 bits per heavy atom. The van der Waals surface area contributed by atoms with Crippen LogP contribution >= 0.6 is 0 Å². The van der Waals surface area contributed by atoms with E-state index in [0.717, 1.165) is 22.4 Å². The minimum Gasteiger partial charge on any atom is -0.376 e. The molecule has 3 aromatic heterocycles. The number of hydrogen-bond donors (Lipinski definition) is 2. The van der Waals surface area contributed by atoms with Gasteiger partial charge < -0.3 is 19.3 Å². The summed E-state index contributed by atoms with van der Waals surface area (Å²) < 4.78 is 9.91. The van der Waals surface area contributed by atoms with Crippen LogP contribution in [0.3, 0.4) is 0 Å². The molecule has 0 amide bonds. The minimum atomic E-state index is -0.193. The van der Waals surface area contributed by atoms with Crippen molar-refractivity contribution in [2.24, 2.45) is 0 Å². The van der Waals surface area contributed by atoms with Crippen molar-refractivity contribution in [3.05, 3.63) is 52.1 Å². The second-order valence-corrected chi connectivity index (χ2v) is 4.72. The van der Waals surface area contributed by atoms with Gasteiger partial charge in [-0.25, -0.2) is 0 Å². The van der Waals surface area contributed by atoms with E-state index < -0.39 is 0 Å². The molecule has 0 radical (unpaired) electrons. The van der Waals surface area contributed by atoms with Crippen LogP contribution in [0.25, 0.3) is 11.1 Å². The summed E-state index contributed by atoms with van der Waals surface area (Å²) in [5.41, 5.74) is 3.65. The molecule has 0 saturated heterocycles. The van der Waals surface area contributed by atoms with Gasteiger partial charge in [-0.3, -0.25) is 4.79 Å². The largest absolute Gasteiger partial charge is 0.376 e. The zero-order valence-electron chi connectivity index (χ0n) is 11.6. The van der Waals surface area contributed by atoms with Crippen molar-refractivity contribution in [2.75, 3.05) is 5.32 Å². The zero-order chi connectivity index (χ0) is 14.8. The molecular formula is C14H14N4O3. The Hall–Kier alpha value is -2.83. The van der Waals surface area contributed by atoms with Crippen molar-refractivity contribution in [1.29, 1.82) is 0 Å². The van der Waals surface area contributed by atoms with E-state index in [4.69, 9.17) is 9.05 Å². The molecule has 0 aliphatic carbocycles. The lowest BCUT2D eigenvalue weighted by molar-refractivity contribution is 0.393. The topological polar surface area (TPSA) is 97.0 Å². The number of pyridine rings is 1. The number of H-pyrrole nitrogens is 1. The molecule has 0 bridgehead atoms. The predicted octanol–water partition coefficient (Wildman–Crippen LogP) is 2.25. The SMILES string of the molecule is Cc1noc(C)c1-c1c[nH]c(=O)c(NCc2cnoc2)c1. The van der Waals surface area contributed by atoms with Gasteiger partial charge in [-0.15, -0.1) is 0 Å². The Bertz CT molecular complexity index is 782. The van der Waals surface area contributed by atoms with Gasteiger partial charge in [-0.1, -0.05) is 10.3 Å². The Kier molecular flexibility index (Phi) is 3.31. The number of hydrogen-bond acceptors (Lipinski definition) is 6. The average Bonchev–Trinajstić information content (AvgIpc) is 3.09. The number of aromatic amines is 1. The lowest BCUT2D eigenvalue weighted by Gasteiger charge is -2.06. The Balaban J connectivity index is 1.91. The van der Waals surface area contributed by atoms with E-state index in [1.165, 1.54) is 6.26 Å². The molecule has 0 aliphatic rings. The fourth-order valence-electron chi connectivity index (χ4n) is 2.17. The van der Waals surface area contributed by atoms with E-state index in [1.807, 2.05) is 13.8 Å². The number of anilines is 1. The van der Waals surface area contributed by atoms with Crippen molar-refractivity contribution < 1.29 is 9.05 Å². The average molecular weight is 286 g/mol. The minimum absolute atomic E-state index is 0.193. The second-order valence-electron chi connectivity index (χ2n) is 4.72. The first kappa shape index (κ1) is 13.2. The monoisotopic (exact) mass is 286 g/mol. The first-order chi connectivity index (χ1) is 10.1. The first-order valence-corrected chi connectivity index (χ1v) is 6.43. The lowest BCUT2D eigenvalue weighted by Crippen LogP contribution is -2.13. The van der Waals surface area contributed by atoms with Crippen LogP contribution in [0.15, 0.2) is 38.6 Å². The maximum atomic E-state index is 11.9. The number of nitrogens with zero attached hydrogens (tertiary/aromatic N) is 2. The van der Waals surface area contributed by atoms with Crippen LogP contribution in [-0.2, 0) is 6.54 Å². The van der Waals surface area contributed by atoms with Gasteiger partial charge in [0, 0.05) is 29.4 Å². The Morgan fingerprint density at radius 1 is 1.38 bits per heavy atom. The zero-order valence-corrected chi connectivity index (χ0v) is 11.6. The molecule has 108 valence electrons. The van der Waals surface area contributed by atoms with Gasteiger partial charge in [0.2, 0.25) is 0 Å². The highest BCUT2D eigenvalue weighted by molar-refractivity contribution is 5.70. The third-order valence-corrected chi connectivity index (χ3v) is 3.19. The summed E-state index contributed by atoms with van der Waals surface area (Å²) >= 11 is 0. The highest BCUT2D eigenvalue weighted by Gasteiger charge is 2.13. The fourth-order valence-corrected chi connectivity index (χ4v) is 2.17. The van der Waals surface area contributed by atoms with E-state index in [0.29, 0.717) is 18.0 Å². The third kappa shape index (κ3) is 2.58. The van der Waals surface area contributed by atoms with Crippen LogP contribution in [0.2, 0.25) is 0 Å². The summed E-state index contributed by atoms with van der Waals surface area (Å²) in [5, 5.41) is 10.6. The summed E-state index contributed by atoms with van der Waals surface area (Å²) in [5.74, 6) is 0.713. The summed E-state index contributed by atoms with van der Waals surface area (Å²) in [4.78, 5) is 14.6. The summed E-state index contributed by atoms with van der Waals surface area (Å²) in [6.45, 7) is 4.16. The quantitative estimate of drug-likeness (QED) is 0.763. The third-order valence-electron chi connectivity index (χ3n) is 3.19. The predicted molar refractivity (Wildman–Crippen MR) is 75.9 cm³/mol. The smallest absolute Gasteiger partial charge is 0.271 e. The van der Waals surface area contributed by atoms with Gasteiger partial charge in [-0.05, 0) is 19.9 Å². The van der Waals surface area contributed by atoms with Gasteiger partial charge in [0.05, 0.1) is 11.9 Å². The molecular weight excluding hydrogens is 272 g/mol. The van der Waals surface area contributed by atoms with Crippen LogP contribution in [0.1, 0.15) is 17.0 Å². The highest BCUT2D eigenvalue weighted by Crippen LogP contribution is 2.26. The standard InChI is InChI=1S/C14H14N4O3/c1-8-13(9(2)21-18-8)11-3-12(14(19)16-6-11)15-4-10-5-17-20-7-10/h3,5-7,15H,4H2,1-2H3,(H,16,19).